The summed E-state index contributed by atoms with van der Waals surface area (Å²) in [6, 6.07) is 0.267. The number of rotatable bonds is 1. The average molecular weight is 181 g/mol. The molecular formula is C10H19N3. The lowest BCUT2D eigenvalue weighted by molar-refractivity contribution is 0.170. The molecule has 1 aliphatic rings. The van der Waals surface area contributed by atoms with E-state index in [1.54, 1.807) is 0 Å². The first-order chi connectivity index (χ1) is 6.04. The Hall–Kier alpha value is -0.690. The van der Waals surface area contributed by atoms with E-state index in [2.05, 4.69) is 30.8 Å². The Bertz CT molecular complexity index is 203. The summed E-state index contributed by atoms with van der Waals surface area (Å²) in [4.78, 5) is 2.87. The van der Waals surface area contributed by atoms with Gasteiger partial charge in [0.05, 0.1) is 0 Å². The highest BCUT2D eigenvalue weighted by Crippen LogP contribution is 2.38. The summed E-state index contributed by atoms with van der Waals surface area (Å²) in [5.74, 6) is 0.803. The fraction of sp³-hybridized carbons (Fsp3) is 1.00. The molecule has 3 heteroatoms. The molecule has 0 heterocycles. The van der Waals surface area contributed by atoms with Crippen molar-refractivity contribution in [2.24, 2.45) is 16.4 Å². The van der Waals surface area contributed by atoms with Gasteiger partial charge in [0, 0.05) is 11.0 Å². The third-order valence-corrected chi connectivity index (χ3v) is 3.14. The highest BCUT2D eigenvalue weighted by molar-refractivity contribution is 4.83. The largest absolute Gasteiger partial charge is 0.0906 e. The molecule has 1 aliphatic carbocycles. The Labute approximate surface area is 80.2 Å². The zero-order chi connectivity index (χ0) is 9.90. The van der Waals surface area contributed by atoms with Gasteiger partial charge in [0.15, 0.2) is 0 Å². The molecule has 0 aliphatic heterocycles. The summed E-state index contributed by atoms with van der Waals surface area (Å²) >= 11 is 0. The Morgan fingerprint density at radius 1 is 1.15 bits per heavy atom. The van der Waals surface area contributed by atoms with E-state index in [1.165, 1.54) is 12.8 Å². The molecule has 0 amide bonds. The van der Waals surface area contributed by atoms with Crippen LogP contribution in [0.4, 0.5) is 0 Å². The SMILES string of the molecule is CC(C)(C)C1CCC(N=[N+]=[N-])CC1. The highest BCUT2D eigenvalue weighted by Gasteiger charge is 2.28. The van der Waals surface area contributed by atoms with Gasteiger partial charge in [-0.1, -0.05) is 25.9 Å². The van der Waals surface area contributed by atoms with Crippen LogP contribution < -0.4 is 0 Å². The molecular weight excluding hydrogens is 162 g/mol. The number of azide groups is 1. The summed E-state index contributed by atoms with van der Waals surface area (Å²) in [6.45, 7) is 6.89. The second kappa shape index (κ2) is 4.01. The van der Waals surface area contributed by atoms with Crippen molar-refractivity contribution in [3.8, 4) is 0 Å². The van der Waals surface area contributed by atoms with Gasteiger partial charge in [-0.25, -0.2) is 0 Å². The van der Waals surface area contributed by atoms with E-state index in [0.717, 1.165) is 18.8 Å². The van der Waals surface area contributed by atoms with E-state index < -0.39 is 0 Å². The van der Waals surface area contributed by atoms with Gasteiger partial charge in [0.25, 0.3) is 0 Å². The van der Waals surface area contributed by atoms with Crippen LogP contribution >= 0.6 is 0 Å². The fourth-order valence-corrected chi connectivity index (χ4v) is 2.13. The zero-order valence-corrected chi connectivity index (χ0v) is 8.82. The first kappa shape index (κ1) is 10.4. The summed E-state index contributed by atoms with van der Waals surface area (Å²) in [7, 11) is 0. The zero-order valence-electron chi connectivity index (χ0n) is 8.82. The Kier molecular flexibility index (Phi) is 3.21. The summed E-state index contributed by atoms with van der Waals surface area (Å²) in [5.41, 5.74) is 8.72. The van der Waals surface area contributed by atoms with Gasteiger partial charge in [-0.3, -0.25) is 0 Å². The maximum absolute atomic E-state index is 8.30. The number of hydrogen-bond donors (Lipinski definition) is 0. The van der Waals surface area contributed by atoms with Crippen LogP contribution in [0, 0.1) is 11.3 Å². The summed E-state index contributed by atoms with van der Waals surface area (Å²) < 4.78 is 0. The second-order valence-electron chi connectivity index (χ2n) is 5.08. The summed E-state index contributed by atoms with van der Waals surface area (Å²) in [5, 5.41) is 3.78. The Morgan fingerprint density at radius 2 is 1.69 bits per heavy atom. The van der Waals surface area contributed by atoms with Gasteiger partial charge >= 0.3 is 0 Å². The van der Waals surface area contributed by atoms with Crippen LogP contribution in [0.15, 0.2) is 5.11 Å². The molecule has 74 valence electrons. The van der Waals surface area contributed by atoms with Gasteiger partial charge < -0.3 is 0 Å². The smallest absolute Gasteiger partial charge is 0.0374 e. The van der Waals surface area contributed by atoms with E-state index >= 15 is 0 Å². The predicted molar refractivity (Wildman–Crippen MR) is 54.3 cm³/mol. The molecule has 1 fully saturated rings. The van der Waals surface area contributed by atoms with Crippen LogP contribution in [0.5, 0.6) is 0 Å². The standard InChI is InChI=1S/C10H19N3/c1-10(2,3)8-4-6-9(7-5-8)12-13-11/h8-9H,4-7H2,1-3H3. The molecule has 0 aromatic heterocycles. The molecule has 0 radical (unpaired) electrons. The lowest BCUT2D eigenvalue weighted by Crippen LogP contribution is -2.26. The van der Waals surface area contributed by atoms with Crippen LogP contribution in [0.1, 0.15) is 46.5 Å². The van der Waals surface area contributed by atoms with Crippen molar-refractivity contribution in [3.05, 3.63) is 10.4 Å². The first-order valence-corrected chi connectivity index (χ1v) is 5.08. The fourth-order valence-electron chi connectivity index (χ4n) is 2.13. The molecule has 0 unspecified atom stereocenters. The Balaban J connectivity index is 2.43. The lowest BCUT2D eigenvalue weighted by atomic mass is 9.71. The van der Waals surface area contributed by atoms with Gasteiger partial charge in [-0.05, 0) is 42.5 Å². The van der Waals surface area contributed by atoms with Crippen LogP contribution in [0.2, 0.25) is 0 Å². The van der Waals surface area contributed by atoms with E-state index in [1.807, 2.05) is 0 Å². The van der Waals surface area contributed by atoms with E-state index in [0.29, 0.717) is 5.41 Å². The second-order valence-corrected chi connectivity index (χ2v) is 5.08. The molecule has 0 saturated heterocycles. The molecule has 0 aromatic carbocycles. The van der Waals surface area contributed by atoms with Crippen LogP contribution in [0.25, 0.3) is 10.4 Å². The minimum atomic E-state index is 0.267. The molecule has 3 nitrogen and oxygen atoms in total. The van der Waals surface area contributed by atoms with Crippen molar-refractivity contribution < 1.29 is 0 Å². The monoisotopic (exact) mass is 181 g/mol. The molecule has 1 saturated carbocycles. The maximum atomic E-state index is 8.30. The van der Waals surface area contributed by atoms with Crippen molar-refractivity contribution in [2.75, 3.05) is 0 Å². The normalized spacial score (nSPS) is 29.5. The van der Waals surface area contributed by atoms with Gasteiger partial charge in [0.2, 0.25) is 0 Å². The van der Waals surface area contributed by atoms with Crippen molar-refractivity contribution in [2.45, 2.75) is 52.5 Å². The third kappa shape index (κ3) is 2.92. The molecule has 0 atom stereocenters. The van der Waals surface area contributed by atoms with Crippen LogP contribution in [0.3, 0.4) is 0 Å². The minimum absolute atomic E-state index is 0.267. The Morgan fingerprint density at radius 3 is 2.08 bits per heavy atom. The van der Waals surface area contributed by atoms with Crippen molar-refractivity contribution in [1.82, 2.24) is 0 Å². The highest BCUT2D eigenvalue weighted by atomic mass is 15.1. The van der Waals surface area contributed by atoms with Crippen molar-refractivity contribution >= 4 is 0 Å². The molecule has 0 spiro atoms. The molecule has 0 N–H and O–H groups in total. The van der Waals surface area contributed by atoms with Gasteiger partial charge in [-0.15, -0.1) is 0 Å². The number of nitrogens with zero attached hydrogens (tertiary/aromatic N) is 3. The van der Waals surface area contributed by atoms with Crippen LogP contribution in [-0.4, -0.2) is 6.04 Å². The van der Waals surface area contributed by atoms with Crippen molar-refractivity contribution in [1.29, 1.82) is 0 Å². The molecule has 13 heavy (non-hydrogen) atoms. The average Bonchev–Trinajstić information content (AvgIpc) is 2.04. The van der Waals surface area contributed by atoms with Crippen molar-refractivity contribution in [3.63, 3.8) is 0 Å². The van der Waals surface area contributed by atoms with Gasteiger partial charge in [-0.2, -0.15) is 0 Å². The van der Waals surface area contributed by atoms with Gasteiger partial charge in [0.1, 0.15) is 0 Å². The first-order valence-electron chi connectivity index (χ1n) is 5.08. The topological polar surface area (TPSA) is 48.8 Å². The maximum Gasteiger partial charge on any atom is 0.0374 e. The van der Waals surface area contributed by atoms with Crippen LogP contribution in [-0.2, 0) is 0 Å². The van der Waals surface area contributed by atoms with E-state index in [9.17, 15) is 0 Å². The molecule has 0 bridgehead atoms. The summed E-state index contributed by atoms with van der Waals surface area (Å²) in [6.07, 6.45) is 4.58. The third-order valence-electron chi connectivity index (χ3n) is 3.14. The molecule has 0 aromatic rings. The predicted octanol–water partition coefficient (Wildman–Crippen LogP) is 3.90. The van der Waals surface area contributed by atoms with E-state index in [4.69, 9.17) is 5.53 Å². The lowest BCUT2D eigenvalue weighted by Gasteiger charge is -2.35. The minimum Gasteiger partial charge on any atom is -0.0906 e. The number of hydrogen-bond acceptors (Lipinski definition) is 1. The van der Waals surface area contributed by atoms with E-state index in [-0.39, 0.29) is 6.04 Å². The quantitative estimate of drug-likeness (QED) is 0.334. The molecule has 1 rings (SSSR count).